The van der Waals surface area contributed by atoms with Gasteiger partial charge in [0.2, 0.25) is 5.91 Å². The highest BCUT2D eigenvalue weighted by Gasteiger charge is 2.10. The summed E-state index contributed by atoms with van der Waals surface area (Å²) in [5.74, 6) is 0.971. The van der Waals surface area contributed by atoms with Crippen LogP contribution in [0.5, 0.6) is 0 Å². The monoisotopic (exact) mass is 272 g/mol. The van der Waals surface area contributed by atoms with Crippen LogP contribution in [0.3, 0.4) is 0 Å². The molecule has 1 aromatic carbocycles. The van der Waals surface area contributed by atoms with E-state index in [1.165, 1.54) is 11.3 Å². The third-order valence-corrected chi connectivity index (χ3v) is 3.24. The van der Waals surface area contributed by atoms with Gasteiger partial charge in [-0.25, -0.2) is 0 Å². The van der Waals surface area contributed by atoms with E-state index in [0.29, 0.717) is 6.42 Å². The molecule has 5 heteroatoms. The fraction of sp³-hybridized carbons (Fsp3) is 0.417. The van der Waals surface area contributed by atoms with Crippen molar-refractivity contribution in [3.8, 4) is 0 Å². The van der Waals surface area contributed by atoms with Gasteiger partial charge in [-0.2, -0.15) is 11.8 Å². The number of carbonyl (C=O) groups is 1. The van der Waals surface area contributed by atoms with E-state index in [1.807, 2.05) is 18.4 Å². The zero-order valence-corrected chi connectivity index (χ0v) is 11.4. The molecule has 0 unspecified atom stereocenters. The van der Waals surface area contributed by atoms with E-state index in [2.05, 4.69) is 16.7 Å². The molecular weight excluding hydrogens is 256 g/mol. The molecule has 1 aliphatic rings. The van der Waals surface area contributed by atoms with E-state index in [-0.39, 0.29) is 18.3 Å². The van der Waals surface area contributed by atoms with E-state index >= 15 is 0 Å². The molecule has 17 heavy (non-hydrogen) atoms. The van der Waals surface area contributed by atoms with Crippen LogP contribution in [-0.4, -0.2) is 24.5 Å². The molecule has 2 N–H and O–H groups in total. The number of amides is 1. The first-order valence-corrected chi connectivity index (χ1v) is 6.84. The molecule has 0 aliphatic carbocycles. The average Bonchev–Trinajstić information content (AvgIpc) is 2.73. The van der Waals surface area contributed by atoms with Crippen LogP contribution in [-0.2, 0) is 11.2 Å². The highest BCUT2D eigenvalue weighted by Crippen LogP contribution is 2.25. The predicted molar refractivity (Wildman–Crippen MR) is 77.5 cm³/mol. The molecule has 0 radical (unpaired) electrons. The predicted octanol–water partition coefficient (Wildman–Crippen LogP) is 2.77. The Morgan fingerprint density at radius 2 is 2.35 bits per heavy atom. The number of benzene rings is 1. The van der Waals surface area contributed by atoms with Gasteiger partial charge in [0, 0.05) is 30.1 Å². The van der Waals surface area contributed by atoms with Crippen molar-refractivity contribution in [2.45, 2.75) is 12.8 Å². The number of hydrogen-bond acceptors (Lipinski definition) is 3. The van der Waals surface area contributed by atoms with Crippen molar-refractivity contribution in [1.82, 2.24) is 0 Å². The van der Waals surface area contributed by atoms with Crippen LogP contribution in [0, 0.1) is 0 Å². The molecule has 0 saturated carbocycles. The van der Waals surface area contributed by atoms with E-state index in [9.17, 15) is 4.79 Å². The van der Waals surface area contributed by atoms with Crippen LogP contribution in [0.4, 0.5) is 11.4 Å². The minimum absolute atomic E-state index is 0. The van der Waals surface area contributed by atoms with Gasteiger partial charge in [-0.15, -0.1) is 12.4 Å². The van der Waals surface area contributed by atoms with Crippen molar-refractivity contribution in [2.75, 3.05) is 29.2 Å². The van der Waals surface area contributed by atoms with Crippen molar-refractivity contribution in [1.29, 1.82) is 0 Å². The lowest BCUT2D eigenvalue weighted by Gasteiger charge is -2.06. The quantitative estimate of drug-likeness (QED) is 0.886. The van der Waals surface area contributed by atoms with Gasteiger partial charge in [0.15, 0.2) is 0 Å². The van der Waals surface area contributed by atoms with Gasteiger partial charge >= 0.3 is 0 Å². The normalized spacial score (nSPS) is 12.3. The molecule has 2 rings (SSSR count). The molecule has 0 saturated heterocycles. The minimum atomic E-state index is 0. The smallest absolute Gasteiger partial charge is 0.225 e. The second-order valence-corrected chi connectivity index (χ2v) is 4.83. The number of rotatable bonds is 4. The molecular formula is C12H17ClN2OS. The third-order valence-electron chi connectivity index (χ3n) is 2.63. The Balaban J connectivity index is 0.00000144. The molecule has 94 valence electrons. The van der Waals surface area contributed by atoms with Crippen molar-refractivity contribution >= 4 is 41.5 Å². The number of hydrogen-bond donors (Lipinski definition) is 2. The van der Waals surface area contributed by atoms with Gasteiger partial charge in [0.05, 0.1) is 0 Å². The average molecular weight is 273 g/mol. The van der Waals surface area contributed by atoms with E-state index in [0.717, 1.165) is 24.4 Å². The lowest BCUT2D eigenvalue weighted by molar-refractivity contribution is -0.115. The van der Waals surface area contributed by atoms with Crippen LogP contribution in [0.15, 0.2) is 18.2 Å². The van der Waals surface area contributed by atoms with Crippen LogP contribution in [0.25, 0.3) is 0 Å². The van der Waals surface area contributed by atoms with Crippen LogP contribution in [0.2, 0.25) is 0 Å². The SMILES string of the molecule is CSCCC(=O)Nc1ccc2c(c1)CCN2.Cl. The Labute approximate surface area is 112 Å². The Morgan fingerprint density at radius 1 is 1.53 bits per heavy atom. The zero-order chi connectivity index (χ0) is 11.4. The summed E-state index contributed by atoms with van der Waals surface area (Å²) in [7, 11) is 0. The largest absolute Gasteiger partial charge is 0.384 e. The number of nitrogens with one attached hydrogen (secondary N) is 2. The Kier molecular flexibility index (Phi) is 5.65. The summed E-state index contributed by atoms with van der Waals surface area (Å²) in [6, 6.07) is 6.05. The number of halogens is 1. The first kappa shape index (κ1) is 14.2. The fourth-order valence-electron chi connectivity index (χ4n) is 1.80. The molecule has 1 aliphatic heterocycles. The van der Waals surface area contributed by atoms with Gasteiger partial charge in [-0.05, 0) is 36.4 Å². The van der Waals surface area contributed by atoms with Crippen molar-refractivity contribution < 1.29 is 4.79 Å². The second-order valence-electron chi connectivity index (χ2n) is 3.84. The van der Waals surface area contributed by atoms with Gasteiger partial charge in [0.1, 0.15) is 0 Å². The van der Waals surface area contributed by atoms with E-state index in [1.54, 1.807) is 11.8 Å². The number of anilines is 2. The first-order valence-electron chi connectivity index (χ1n) is 5.45. The summed E-state index contributed by atoms with van der Waals surface area (Å²) in [6.45, 7) is 0.999. The van der Waals surface area contributed by atoms with Gasteiger partial charge in [-0.3, -0.25) is 4.79 Å². The molecule has 0 atom stereocenters. The highest BCUT2D eigenvalue weighted by atomic mass is 35.5. The zero-order valence-electron chi connectivity index (χ0n) is 9.79. The van der Waals surface area contributed by atoms with Gasteiger partial charge in [0.25, 0.3) is 0 Å². The number of fused-ring (bicyclic) bond motifs is 1. The maximum atomic E-state index is 11.5. The molecule has 0 aromatic heterocycles. The van der Waals surface area contributed by atoms with Gasteiger partial charge < -0.3 is 10.6 Å². The molecule has 3 nitrogen and oxygen atoms in total. The standard InChI is InChI=1S/C12H16N2OS.ClH/c1-16-7-5-12(15)14-10-2-3-11-9(8-10)4-6-13-11;/h2-3,8,13H,4-7H2,1H3,(H,14,15);1H. The van der Waals surface area contributed by atoms with Crippen molar-refractivity contribution in [3.63, 3.8) is 0 Å². The molecule has 0 bridgehead atoms. The third kappa shape index (κ3) is 3.82. The first-order chi connectivity index (χ1) is 7.79. The molecule has 0 fully saturated rings. The summed E-state index contributed by atoms with van der Waals surface area (Å²) in [5, 5.41) is 6.23. The lowest BCUT2D eigenvalue weighted by Crippen LogP contribution is -2.12. The highest BCUT2D eigenvalue weighted by molar-refractivity contribution is 7.98. The summed E-state index contributed by atoms with van der Waals surface area (Å²) >= 11 is 1.69. The number of carbonyl (C=O) groups excluding carboxylic acids is 1. The molecule has 0 spiro atoms. The van der Waals surface area contributed by atoms with E-state index < -0.39 is 0 Å². The van der Waals surface area contributed by atoms with Crippen molar-refractivity contribution in [2.24, 2.45) is 0 Å². The van der Waals surface area contributed by atoms with Crippen LogP contribution >= 0.6 is 24.2 Å². The Bertz CT molecular complexity index is 398. The van der Waals surface area contributed by atoms with E-state index in [4.69, 9.17) is 0 Å². The summed E-state index contributed by atoms with van der Waals surface area (Å²) in [4.78, 5) is 11.5. The van der Waals surface area contributed by atoms with Gasteiger partial charge in [-0.1, -0.05) is 0 Å². The summed E-state index contributed by atoms with van der Waals surface area (Å²) < 4.78 is 0. The Morgan fingerprint density at radius 3 is 3.12 bits per heavy atom. The summed E-state index contributed by atoms with van der Waals surface area (Å²) in [5.41, 5.74) is 3.40. The van der Waals surface area contributed by atoms with Crippen molar-refractivity contribution in [3.05, 3.63) is 23.8 Å². The maximum absolute atomic E-state index is 11.5. The molecule has 1 amide bonds. The fourth-order valence-corrected chi connectivity index (χ4v) is 2.19. The molecule has 1 heterocycles. The topological polar surface area (TPSA) is 41.1 Å². The van der Waals surface area contributed by atoms with Crippen LogP contribution in [0.1, 0.15) is 12.0 Å². The molecule has 1 aromatic rings. The lowest BCUT2D eigenvalue weighted by atomic mass is 10.1. The second kappa shape index (κ2) is 6.77. The Hall–Kier alpha value is -0.870. The number of thioether (sulfide) groups is 1. The summed E-state index contributed by atoms with van der Waals surface area (Å²) in [6.07, 6.45) is 3.63. The minimum Gasteiger partial charge on any atom is -0.384 e. The van der Waals surface area contributed by atoms with Crippen LogP contribution < -0.4 is 10.6 Å². The maximum Gasteiger partial charge on any atom is 0.225 e.